The summed E-state index contributed by atoms with van der Waals surface area (Å²) in [6.07, 6.45) is 0. The molecule has 3 aromatic rings. The molecule has 0 N–H and O–H groups in total. The van der Waals surface area contributed by atoms with Crippen molar-refractivity contribution in [2.75, 3.05) is 7.11 Å². The van der Waals surface area contributed by atoms with Crippen molar-refractivity contribution in [1.29, 1.82) is 0 Å². The summed E-state index contributed by atoms with van der Waals surface area (Å²) >= 11 is 0. The van der Waals surface area contributed by atoms with Gasteiger partial charge in [0, 0.05) is 16.5 Å². The van der Waals surface area contributed by atoms with Gasteiger partial charge in [0.1, 0.15) is 15.9 Å². The molecule has 0 atom stereocenters. The fraction of sp³-hybridized carbons (Fsp3) is 0.100. The summed E-state index contributed by atoms with van der Waals surface area (Å²) in [5.74, 6) is -0.480. The van der Waals surface area contributed by atoms with Crippen LogP contribution in [-0.4, -0.2) is 36.8 Å². The molecule has 0 saturated heterocycles. The minimum absolute atomic E-state index is 0. The predicted molar refractivity (Wildman–Crippen MR) is 99.1 cm³/mol. The van der Waals surface area contributed by atoms with Crippen molar-refractivity contribution in [3.8, 4) is 5.75 Å². The Morgan fingerprint density at radius 3 is 2.24 bits per heavy atom. The van der Waals surface area contributed by atoms with Gasteiger partial charge in [-0.15, -0.1) is 0 Å². The minimum Gasteiger partial charge on any atom is -0.744 e. The third kappa shape index (κ3) is 4.04. The predicted octanol–water partition coefficient (Wildman–Crippen LogP) is -0.447. The van der Waals surface area contributed by atoms with Gasteiger partial charge in [0.2, 0.25) is 0 Å². The maximum Gasteiger partial charge on any atom is 1.00 e. The number of imide groups is 1. The fourth-order valence-corrected chi connectivity index (χ4v) is 3.87. The minimum atomic E-state index is -4.76. The number of hydrogen-bond acceptors (Lipinski definition) is 6. The number of hydrogen-bond donors (Lipinski definition) is 0. The van der Waals surface area contributed by atoms with E-state index in [-0.39, 0.29) is 69.1 Å². The Labute approximate surface area is 209 Å². The zero-order chi connectivity index (χ0) is 20.1. The van der Waals surface area contributed by atoms with Gasteiger partial charge in [-0.2, -0.15) is 0 Å². The van der Waals surface area contributed by atoms with E-state index in [1.807, 2.05) is 0 Å². The molecule has 0 spiro atoms. The molecule has 0 aromatic heterocycles. The van der Waals surface area contributed by atoms with E-state index in [4.69, 9.17) is 4.74 Å². The number of ether oxygens (including phenoxy) is 1. The number of nitrogens with zero attached hydrogens (tertiary/aromatic N) is 1. The Balaban J connectivity index is 0.00000240. The van der Waals surface area contributed by atoms with Crippen LogP contribution < -0.4 is 56.1 Å². The van der Waals surface area contributed by atoms with Crippen LogP contribution in [0.1, 0.15) is 26.3 Å². The average molecular weight is 435 g/mol. The van der Waals surface area contributed by atoms with E-state index in [0.29, 0.717) is 22.1 Å². The number of carbonyl (C=O) groups excluding carboxylic acids is 2. The number of amides is 2. The molecule has 142 valence electrons. The van der Waals surface area contributed by atoms with E-state index in [0.717, 1.165) is 11.0 Å². The summed E-state index contributed by atoms with van der Waals surface area (Å²) in [5, 5.41) is 0.714. The van der Waals surface area contributed by atoms with Crippen molar-refractivity contribution < 1.29 is 78.7 Å². The van der Waals surface area contributed by atoms with Crippen LogP contribution >= 0.6 is 0 Å². The zero-order valence-electron chi connectivity index (χ0n) is 15.7. The van der Waals surface area contributed by atoms with Gasteiger partial charge in [0.15, 0.2) is 0 Å². The van der Waals surface area contributed by atoms with Gasteiger partial charge in [-0.05, 0) is 41.3 Å². The van der Waals surface area contributed by atoms with Crippen LogP contribution in [0.3, 0.4) is 0 Å². The Morgan fingerprint density at radius 2 is 1.62 bits per heavy atom. The van der Waals surface area contributed by atoms with Crippen LogP contribution in [-0.2, 0) is 16.7 Å². The van der Waals surface area contributed by atoms with Crippen molar-refractivity contribution in [1.82, 2.24) is 4.90 Å². The smallest absolute Gasteiger partial charge is 0.744 e. The van der Waals surface area contributed by atoms with E-state index in [9.17, 15) is 22.6 Å². The topological polar surface area (TPSA) is 104 Å². The van der Waals surface area contributed by atoms with Crippen molar-refractivity contribution in [2.45, 2.75) is 11.4 Å². The van der Waals surface area contributed by atoms with E-state index in [1.54, 1.807) is 42.5 Å². The second kappa shape index (κ2) is 8.27. The molecule has 0 fully saturated rings. The molecular formula is C20H14KNO6S. The van der Waals surface area contributed by atoms with E-state index in [2.05, 4.69) is 0 Å². The van der Waals surface area contributed by atoms with E-state index >= 15 is 0 Å². The first kappa shape index (κ1) is 22.1. The Kier molecular flexibility index (Phi) is 6.30. The number of carbonyl (C=O) groups is 2. The van der Waals surface area contributed by atoms with Crippen molar-refractivity contribution >= 4 is 32.7 Å². The Morgan fingerprint density at radius 1 is 0.966 bits per heavy atom. The van der Waals surface area contributed by atoms with Gasteiger partial charge >= 0.3 is 51.4 Å². The molecule has 1 aliphatic rings. The van der Waals surface area contributed by atoms with Crippen LogP contribution in [0.5, 0.6) is 5.75 Å². The zero-order valence-corrected chi connectivity index (χ0v) is 19.6. The summed E-state index contributed by atoms with van der Waals surface area (Å²) in [6.45, 7) is 0.00579. The van der Waals surface area contributed by atoms with Gasteiger partial charge in [0.25, 0.3) is 11.8 Å². The quantitative estimate of drug-likeness (QED) is 0.313. The first-order valence-corrected chi connectivity index (χ1v) is 9.72. The normalized spacial score (nSPS) is 13.4. The molecule has 7 nitrogen and oxygen atoms in total. The largest absolute Gasteiger partial charge is 1.00 e. The van der Waals surface area contributed by atoms with Crippen LogP contribution in [0.25, 0.3) is 10.8 Å². The standard InChI is InChI=1S/C20H15NO6S.K/c1-27-14-7-5-12(6-8-14)11-21-19(22)16-4-2-3-13-9-15(28(24,25)26)10-17(18(13)16)20(21)23;/h2-10H,11H2,1H3,(H,24,25,26);/q;+1/p-1. The van der Waals surface area contributed by atoms with E-state index in [1.165, 1.54) is 13.2 Å². The molecule has 1 aliphatic heterocycles. The van der Waals surface area contributed by atoms with Crippen molar-refractivity contribution in [3.63, 3.8) is 0 Å². The number of methoxy groups -OCH3 is 1. The van der Waals surface area contributed by atoms with Gasteiger partial charge in [0.05, 0.1) is 18.6 Å². The first-order chi connectivity index (χ1) is 13.3. The molecular weight excluding hydrogens is 421 g/mol. The molecule has 0 saturated carbocycles. The van der Waals surface area contributed by atoms with Gasteiger partial charge in [-0.1, -0.05) is 24.3 Å². The molecule has 0 unspecified atom stereocenters. The monoisotopic (exact) mass is 435 g/mol. The number of benzene rings is 3. The molecule has 0 aliphatic carbocycles. The van der Waals surface area contributed by atoms with Crippen LogP contribution in [0.15, 0.2) is 59.5 Å². The summed E-state index contributed by atoms with van der Waals surface area (Å²) in [4.78, 5) is 26.5. The second-order valence-corrected chi connectivity index (χ2v) is 7.75. The number of rotatable bonds is 4. The summed E-state index contributed by atoms with van der Waals surface area (Å²) in [7, 11) is -3.22. The second-order valence-electron chi connectivity index (χ2n) is 6.37. The summed E-state index contributed by atoms with van der Waals surface area (Å²) in [6, 6.07) is 13.8. The molecule has 3 aromatic carbocycles. The van der Waals surface area contributed by atoms with Crippen LogP contribution in [0.4, 0.5) is 0 Å². The fourth-order valence-electron chi connectivity index (χ4n) is 3.33. The van der Waals surface area contributed by atoms with Crippen LogP contribution in [0, 0.1) is 0 Å². The maximum absolute atomic E-state index is 13.0. The molecule has 1 heterocycles. The Bertz CT molecular complexity index is 1240. The molecule has 4 rings (SSSR count). The average Bonchev–Trinajstić information content (AvgIpc) is 2.68. The van der Waals surface area contributed by atoms with Crippen molar-refractivity contribution in [2.24, 2.45) is 0 Å². The molecule has 0 bridgehead atoms. The third-order valence-electron chi connectivity index (χ3n) is 4.69. The SMILES string of the molecule is COc1ccc(CN2C(=O)c3cccc4cc(S(=O)(=O)[O-])cc(c34)C2=O)cc1.[K+]. The first-order valence-electron chi connectivity index (χ1n) is 8.31. The molecule has 29 heavy (non-hydrogen) atoms. The third-order valence-corrected chi connectivity index (χ3v) is 5.50. The van der Waals surface area contributed by atoms with E-state index < -0.39 is 26.8 Å². The Hall–Kier alpha value is -1.59. The summed E-state index contributed by atoms with van der Waals surface area (Å²) in [5.41, 5.74) is 1.01. The molecule has 2 amide bonds. The molecule has 9 heteroatoms. The van der Waals surface area contributed by atoms with Gasteiger partial charge < -0.3 is 9.29 Å². The van der Waals surface area contributed by atoms with Crippen LogP contribution in [0.2, 0.25) is 0 Å². The molecule has 0 radical (unpaired) electrons. The van der Waals surface area contributed by atoms with Gasteiger partial charge in [-0.25, -0.2) is 8.42 Å². The van der Waals surface area contributed by atoms with Crippen molar-refractivity contribution in [3.05, 3.63) is 71.3 Å². The summed E-state index contributed by atoms with van der Waals surface area (Å²) < 4.78 is 39.6. The van der Waals surface area contributed by atoms with Gasteiger partial charge in [-0.3, -0.25) is 14.5 Å². The maximum atomic E-state index is 13.0.